The van der Waals surface area contributed by atoms with Crippen molar-refractivity contribution in [3.8, 4) is 0 Å². The van der Waals surface area contributed by atoms with Gasteiger partial charge in [0.25, 0.3) is 0 Å². The van der Waals surface area contributed by atoms with Gasteiger partial charge in [0.2, 0.25) is 10.0 Å². The molecule has 1 heterocycles. The number of aliphatic hydroxyl groups excluding tert-OH is 1. The minimum Gasteiger partial charge on any atom is -0.391 e. The van der Waals surface area contributed by atoms with E-state index < -0.39 is 10.0 Å². The Morgan fingerprint density at radius 3 is 2.84 bits per heavy atom. The first-order chi connectivity index (χ1) is 8.97. The Morgan fingerprint density at radius 1 is 1.53 bits per heavy atom. The smallest absolute Gasteiger partial charge is 0.242 e. The second-order valence-electron chi connectivity index (χ2n) is 4.82. The zero-order valence-electron chi connectivity index (χ0n) is 11.0. The van der Waals surface area contributed by atoms with Gasteiger partial charge >= 0.3 is 0 Å². The Kier molecular flexibility index (Phi) is 4.94. The van der Waals surface area contributed by atoms with E-state index in [2.05, 4.69) is 11.0 Å². The zero-order chi connectivity index (χ0) is 14.0. The van der Waals surface area contributed by atoms with Crippen LogP contribution in [0.4, 0.5) is 0 Å². The van der Waals surface area contributed by atoms with E-state index >= 15 is 0 Å². The summed E-state index contributed by atoms with van der Waals surface area (Å²) in [6, 6.07) is 0.0216. The van der Waals surface area contributed by atoms with Gasteiger partial charge < -0.3 is 5.11 Å². The van der Waals surface area contributed by atoms with E-state index in [1.807, 2.05) is 0 Å². The van der Waals surface area contributed by atoms with E-state index in [0.717, 1.165) is 19.3 Å². The van der Waals surface area contributed by atoms with Crippen LogP contribution in [0.15, 0.2) is 10.3 Å². The van der Waals surface area contributed by atoms with Crippen molar-refractivity contribution in [3.05, 3.63) is 15.8 Å². The van der Waals surface area contributed by atoms with Crippen LogP contribution < -0.4 is 4.72 Å². The molecule has 2 unspecified atom stereocenters. The van der Waals surface area contributed by atoms with Crippen LogP contribution in [0.25, 0.3) is 0 Å². The number of hydrogen-bond donors (Lipinski definition) is 2. The summed E-state index contributed by atoms with van der Waals surface area (Å²) in [6.45, 7) is 1.54. The lowest BCUT2D eigenvalue weighted by molar-refractivity contribution is 0.282. The molecule has 0 amide bonds. The fraction of sp³-hybridized carbons (Fsp3) is 0.667. The number of aliphatic hydroxyl groups is 1. The maximum atomic E-state index is 12.4. The first-order valence-corrected chi connectivity index (χ1v) is 9.86. The molecule has 0 spiro atoms. The quantitative estimate of drug-likeness (QED) is 0.872. The van der Waals surface area contributed by atoms with Gasteiger partial charge in [0.15, 0.2) is 0 Å². The highest BCUT2D eigenvalue weighted by Gasteiger charge is 2.30. The van der Waals surface area contributed by atoms with E-state index in [9.17, 15) is 13.5 Å². The van der Waals surface area contributed by atoms with Gasteiger partial charge in [-0.05, 0) is 43.4 Å². The van der Waals surface area contributed by atoms with E-state index in [1.54, 1.807) is 24.1 Å². The second kappa shape index (κ2) is 6.13. The van der Waals surface area contributed by atoms with E-state index in [1.165, 1.54) is 11.3 Å². The minimum atomic E-state index is -3.51. The number of sulfonamides is 1. The topological polar surface area (TPSA) is 66.4 Å². The SMILES string of the molecule is CSC1CCC(NS(=O)(=O)c2c(C)csc2CO)C1. The first-order valence-electron chi connectivity index (χ1n) is 6.21. The van der Waals surface area contributed by atoms with E-state index in [-0.39, 0.29) is 17.5 Å². The largest absolute Gasteiger partial charge is 0.391 e. The fourth-order valence-corrected chi connectivity index (χ4v) is 6.24. The average molecular weight is 321 g/mol. The minimum absolute atomic E-state index is 0.0216. The lowest BCUT2D eigenvalue weighted by Crippen LogP contribution is -2.33. The summed E-state index contributed by atoms with van der Waals surface area (Å²) in [5.74, 6) is 0. The molecule has 19 heavy (non-hydrogen) atoms. The van der Waals surface area contributed by atoms with Crippen molar-refractivity contribution in [3.63, 3.8) is 0 Å². The molecule has 0 aliphatic heterocycles. The second-order valence-corrected chi connectivity index (χ2v) is 8.57. The molecule has 0 aromatic carbocycles. The highest BCUT2D eigenvalue weighted by atomic mass is 32.2. The normalized spacial score (nSPS) is 23.9. The Hall–Kier alpha value is -0.0800. The van der Waals surface area contributed by atoms with Gasteiger partial charge in [-0.2, -0.15) is 11.8 Å². The van der Waals surface area contributed by atoms with Crippen molar-refractivity contribution >= 4 is 33.1 Å². The zero-order valence-corrected chi connectivity index (χ0v) is 13.5. The third-order valence-electron chi connectivity index (χ3n) is 3.44. The third-order valence-corrected chi connectivity index (χ3v) is 7.50. The van der Waals surface area contributed by atoms with Gasteiger partial charge in [0, 0.05) is 11.3 Å². The summed E-state index contributed by atoms with van der Waals surface area (Å²) in [5.41, 5.74) is 0.709. The molecular weight excluding hydrogens is 302 g/mol. The predicted octanol–water partition coefficient (Wildman–Crippen LogP) is 2.11. The molecule has 7 heteroatoms. The van der Waals surface area contributed by atoms with Crippen LogP contribution in [0.1, 0.15) is 29.7 Å². The molecule has 2 atom stereocenters. The van der Waals surface area contributed by atoms with Crippen molar-refractivity contribution in [2.24, 2.45) is 0 Å². The Labute approximate surface area is 122 Å². The maximum Gasteiger partial charge on any atom is 0.242 e. The van der Waals surface area contributed by atoms with Crippen LogP contribution >= 0.6 is 23.1 Å². The van der Waals surface area contributed by atoms with Crippen LogP contribution in [-0.4, -0.2) is 31.1 Å². The molecule has 0 radical (unpaired) electrons. The van der Waals surface area contributed by atoms with E-state index in [0.29, 0.717) is 15.7 Å². The van der Waals surface area contributed by atoms with Crippen LogP contribution in [0, 0.1) is 6.92 Å². The third kappa shape index (κ3) is 3.33. The molecule has 0 bridgehead atoms. The van der Waals surface area contributed by atoms with E-state index in [4.69, 9.17) is 0 Å². The highest BCUT2D eigenvalue weighted by molar-refractivity contribution is 7.99. The standard InChI is InChI=1S/C12H19NO3S3/c1-8-7-18-11(6-14)12(8)19(15,16)13-9-3-4-10(5-9)17-2/h7,9-10,13-14H,3-6H2,1-2H3. The number of nitrogens with one attached hydrogen (secondary N) is 1. The number of thioether (sulfide) groups is 1. The van der Waals surface area contributed by atoms with Gasteiger partial charge in [-0.1, -0.05) is 0 Å². The van der Waals surface area contributed by atoms with Crippen LogP contribution in [0.3, 0.4) is 0 Å². The fourth-order valence-electron chi connectivity index (χ4n) is 2.50. The molecule has 1 aromatic rings. The molecule has 1 aromatic heterocycles. The molecule has 1 aliphatic carbocycles. The Morgan fingerprint density at radius 2 is 2.26 bits per heavy atom. The number of rotatable bonds is 5. The van der Waals surface area contributed by atoms with Gasteiger partial charge in [0.05, 0.1) is 11.5 Å². The molecule has 2 rings (SSSR count). The molecule has 4 nitrogen and oxygen atoms in total. The van der Waals surface area contributed by atoms with Crippen LogP contribution in [0.2, 0.25) is 0 Å². The molecular formula is C12H19NO3S3. The van der Waals surface area contributed by atoms with Gasteiger partial charge in [-0.3, -0.25) is 0 Å². The first kappa shape index (κ1) is 15.3. The number of hydrogen-bond acceptors (Lipinski definition) is 5. The summed E-state index contributed by atoms with van der Waals surface area (Å²) in [6.07, 6.45) is 4.90. The van der Waals surface area contributed by atoms with Crippen molar-refractivity contribution in [1.82, 2.24) is 4.72 Å². The summed E-state index contributed by atoms with van der Waals surface area (Å²) < 4.78 is 27.6. The van der Waals surface area contributed by atoms with Crippen LogP contribution in [-0.2, 0) is 16.6 Å². The summed E-state index contributed by atoms with van der Waals surface area (Å²) in [5, 5.41) is 11.6. The molecule has 1 fully saturated rings. The molecule has 0 saturated heterocycles. The van der Waals surface area contributed by atoms with Gasteiger partial charge in [-0.25, -0.2) is 13.1 Å². The lowest BCUT2D eigenvalue weighted by atomic mass is 10.3. The van der Waals surface area contributed by atoms with Crippen molar-refractivity contribution in [2.75, 3.05) is 6.26 Å². The monoisotopic (exact) mass is 321 g/mol. The van der Waals surface area contributed by atoms with Gasteiger partial charge in [-0.15, -0.1) is 11.3 Å². The number of aryl methyl sites for hydroxylation is 1. The molecule has 108 valence electrons. The average Bonchev–Trinajstić information content (AvgIpc) is 2.95. The van der Waals surface area contributed by atoms with Crippen molar-refractivity contribution in [1.29, 1.82) is 0 Å². The van der Waals surface area contributed by atoms with Crippen molar-refractivity contribution < 1.29 is 13.5 Å². The Bertz CT molecular complexity index is 538. The van der Waals surface area contributed by atoms with Crippen LogP contribution in [0.5, 0.6) is 0 Å². The molecule has 1 aliphatic rings. The number of thiophene rings is 1. The summed E-state index contributed by atoms with van der Waals surface area (Å²) in [4.78, 5) is 0.789. The molecule has 1 saturated carbocycles. The predicted molar refractivity (Wildman–Crippen MR) is 80.2 cm³/mol. The summed E-state index contributed by atoms with van der Waals surface area (Å²) in [7, 11) is -3.51. The summed E-state index contributed by atoms with van der Waals surface area (Å²) >= 11 is 3.09. The van der Waals surface area contributed by atoms with Gasteiger partial charge in [0.1, 0.15) is 4.90 Å². The maximum absolute atomic E-state index is 12.4. The highest BCUT2D eigenvalue weighted by Crippen LogP contribution is 2.31. The Balaban J connectivity index is 2.17. The molecule has 2 N–H and O–H groups in total. The van der Waals surface area contributed by atoms with Crippen molar-refractivity contribution in [2.45, 2.75) is 49.0 Å². The lowest BCUT2D eigenvalue weighted by Gasteiger charge is -2.14.